The number of carbonyl (C=O) groups excluding carboxylic acids is 1. The van der Waals surface area contributed by atoms with E-state index in [1.54, 1.807) is 0 Å². The van der Waals surface area contributed by atoms with Gasteiger partial charge >= 0.3 is 0 Å². The summed E-state index contributed by atoms with van der Waals surface area (Å²) in [6, 6.07) is 2.24. The summed E-state index contributed by atoms with van der Waals surface area (Å²) in [5.41, 5.74) is 0.577. The molecule has 0 aliphatic carbocycles. The van der Waals surface area contributed by atoms with Crippen molar-refractivity contribution in [2.75, 3.05) is 39.4 Å². The van der Waals surface area contributed by atoms with Gasteiger partial charge in [-0.1, -0.05) is 0 Å². The number of rotatable bonds is 5. The lowest BCUT2D eigenvalue weighted by Gasteiger charge is -2.32. The van der Waals surface area contributed by atoms with Gasteiger partial charge in [-0.05, 0) is 51.1 Å². The molecular weight excluding hydrogens is 292 g/mol. The van der Waals surface area contributed by atoms with Gasteiger partial charge < -0.3 is 15.0 Å². The standard InChI is InChI=1S/C17H28N4O2/c1-2-23-13-14-5-4-9-20(12-14)17(22)16-7-10-21(19-16)15-6-3-8-18-11-15/h7,10,14-15,18H,2-6,8-9,11-13H2,1H3. The van der Waals surface area contributed by atoms with Gasteiger partial charge in [0, 0.05) is 32.4 Å². The van der Waals surface area contributed by atoms with E-state index in [0.29, 0.717) is 17.7 Å². The molecule has 1 N–H and O–H groups in total. The number of likely N-dealkylation sites (tertiary alicyclic amines) is 1. The minimum absolute atomic E-state index is 0.0636. The molecule has 1 aromatic rings. The van der Waals surface area contributed by atoms with Crippen molar-refractivity contribution in [2.24, 2.45) is 5.92 Å². The molecule has 128 valence electrons. The highest BCUT2D eigenvalue weighted by Crippen LogP contribution is 2.20. The van der Waals surface area contributed by atoms with Crippen LogP contribution in [0.4, 0.5) is 0 Å². The predicted octanol–water partition coefficient (Wildman–Crippen LogP) is 1.70. The van der Waals surface area contributed by atoms with E-state index in [0.717, 1.165) is 58.7 Å². The SMILES string of the molecule is CCOCC1CCCN(C(=O)c2ccn(C3CCCNC3)n2)C1. The molecule has 0 bridgehead atoms. The molecule has 2 unspecified atom stereocenters. The Bertz CT molecular complexity index is 510. The van der Waals surface area contributed by atoms with E-state index in [4.69, 9.17) is 4.74 Å². The predicted molar refractivity (Wildman–Crippen MR) is 88.5 cm³/mol. The van der Waals surface area contributed by atoms with Crippen molar-refractivity contribution in [2.45, 2.75) is 38.6 Å². The molecular formula is C17H28N4O2. The molecule has 0 aromatic carbocycles. The Kier molecular flexibility index (Phi) is 5.67. The van der Waals surface area contributed by atoms with Crippen LogP contribution >= 0.6 is 0 Å². The van der Waals surface area contributed by atoms with Crippen LogP contribution in [0.5, 0.6) is 0 Å². The Balaban J connectivity index is 1.60. The minimum atomic E-state index is 0.0636. The first-order valence-corrected chi connectivity index (χ1v) is 8.91. The first-order valence-electron chi connectivity index (χ1n) is 8.91. The molecule has 2 atom stereocenters. The minimum Gasteiger partial charge on any atom is -0.381 e. The molecule has 1 amide bonds. The van der Waals surface area contributed by atoms with Crippen LogP contribution in [0, 0.1) is 5.92 Å². The normalized spacial score (nSPS) is 25.5. The molecule has 3 heterocycles. The van der Waals surface area contributed by atoms with Crippen LogP contribution in [0.3, 0.4) is 0 Å². The number of aromatic nitrogens is 2. The first kappa shape index (κ1) is 16.5. The summed E-state index contributed by atoms with van der Waals surface area (Å²) in [6.07, 6.45) is 6.44. The largest absolute Gasteiger partial charge is 0.381 e. The number of ether oxygens (including phenoxy) is 1. The average Bonchev–Trinajstić information content (AvgIpc) is 3.10. The highest BCUT2D eigenvalue weighted by atomic mass is 16.5. The number of nitrogens with zero attached hydrogens (tertiary/aromatic N) is 3. The fourth-order valence-electron chi connectivity index (χ4n) is 3.55. The van der Waals surface area contributed by atoms with Crippen molar-refractivity contribution in [1.29, 1.82) is 0 Å². The number of carbonyl (C=O) groups is 1. The second-order valence-corrected chi connectivity index (χ2v) is 6.60. The summed E-state index contributed by atoms with van der Waals surface area (Å²) in [6.45, 7) is 7.15. The summed E-state index contributed by atoms with van der Waals surface area (Å²) in [5.74, 6) is 0.519. The van der Waals surface area contributed by atoms with Crippen molar-refractivity contribution < 1.29 is 9.53 Å². The van der Waals surface area contributed by atoms with Gasteiger partial charge in [0.2, 0.25) is 0 Å². The molecule has 2 aliphatic rings. The molecule has 6 heteroatoms. The van der Waals surface area contributed by atoms with E-state index in [9.17, 15) is 4.79 Å². The lowest BCUT2D eigenvalue weighted by Crippen LogP contribution is -2.41. The fraction of sp³-hybridized carbons (Fsp3) is 0.765. The summed E-state index contributed by atoms with van der Waals surface area (Å²) in [7, 11) is 0. The van der Waals surface area contributed by atoms with Gasteiger partial charge in [-0.25, -0.2) is 0 Å². The number of hydrogen-bond donors (Lipinski definition) is 1. The Hall–Kier alpha value is -1.40. The van der Waals surface area contributed by atoms with E-state index in [1.165, 1.54) is 6.42 Å². The van der Waals surface area contributed by atoms with Crippen molar-refractivity contribution in [3.8, 4) is 0 Å². The van der Waals surface area contributed by atoms with Crippen LogP contribution in [-0.2, 0) is 4.74 Å². The van der Waals surface area contributed by atoms with Gasteiger partial charge in [0.15, 0.2) is 0 Å². The summed E-state index contributed by atoms with van der Waals surface area (Å²) < 4.78 is 7.48. The molecule has 2 fully saturated rings. The quantitative estimate of drug-likeness (QED) is 0.897. The van der Waals surface area contributed by atoms with E-state index in [2.05, 4.69) is 10.4 Å². The molecule has 0 saturated carbocycles. The monoisotopic (exact) mass is 320 g/mol. The lowest BCUT2D eigenvalue weighted by molar-refractivity contribution is 0.0495. The third kappa shape index (κ3) is 4.12. The number of amides is 1. The van der Waals surface area contributed by atoms with Gasteiger partial charge in [-0.15, -0.1) is 0 Å². The first-order chi connectivity index (χ1) is 11.3. The Morgan fingerprint density at radius 2 is 2.35 bits per heavy atom. The van der Waals surface area contributed by atoms with Crippen molar-refractivity contribution >= 4 is 5.91 Å². The molecule has 1 aromatic heterocycles. The average molecular weight is 320 g/mol. The van der Waals surface area contributed by atoms with Crippen molar-refractivity contribution in [3.63, 3.8) is 0 Å². The summed E-state index contributed by atoms with van der Waals surface area (Å²) >= 11 is 0. The maximum absolute atomic E-state index is 12.7. The lowest BCUT2D eigenvalue weighted by atomic mass is 9.99. The van der Waals surface area contributed by atoms with Crippen LogP contribution in [0.25, 0.3) is 0 Å². The van der Waals surface area contributed by atoms with Gasteiger partial charge in [-0.3, -0.25) is 9.48 Å². The van der Waals surface area contributed by atoms with Gasteiger partial charge in [0.05, 0.1) is 12.6 Å². The van der Waals surface area contributed by atoms with Crippen molar-refractivity contribution in [1.82, 2.24) is 20.0 Å². The molecule has 6 nitrogen and oxygen atoms in total. The Labute approximate surface area is 138 Å². The number of nitrogens with one attached hydrogen (secondary N) is 1. The zero-order valence-electron chi connectivity index (χ0n) is 14.0. The van der Waals surface area contributed by atoms with Crippen LogP contribution in [0.2, 0.25) is 0 Å². The molecule has 3 rings (SSSR count). The van der Waals surface area contributed by atoms with E-state index < -0.39 is 0 Å². The molecule has 0 radical (unpaired) electrons. The van der Waals surface area contributed by atoms with Crippen LogP contribution in [0.1, 0.15) is 49.1 Å². The molecule has 2 aliphatic heterocycles. The van der Waals surface area contributed by atoms with Crippen LogP contribution in [-0.4, -0.2) is 60.0 Å². The molecule has 2 saturated heterocycles. The maximum atomic E-state index is 12.7. The van der Waals surface area contributed by atoms with E-state index in [-0.39, 0.29) is 5.91 Å². The van der Waals surface area contributed by atoms with Gasteiger partial charge in [0.25, 0.3) is 5.91 Å². The smallest absolute Gasteiger partial charge is 0.274 e. The van der Waals surface area contributed by atoms with Crippen molar-refractivity contribution in [3.05, 3.63) is 18.0 Å². The third-order valence-corrected chi connectivity index (χ3v) is 4.84. The topological polar surface area (TPSA) is 59.4 Å². The van der Waals surface area contributed by atoms with E-state index in [1.807, 2.05) is 28.8 Å². The highest BCUT2D eigenvalue weighted by molar-refractivity contribution is 5.92. The second-order valence-electron chi connectivity index (χ2n) is 6.60. The second kappa shape index (κ2) is 7.93. The zero-order chi connectivity index (χ0) is 16.1. The summed E-state index contributed by atoms with van der Waals surface area (Å²) in [5, 5.41) is 7.94. The van der Waals surface area contributed by atoms with Crippen LogP contribution < -0.4 is 5.32 Å². The maximum Gasteiger partial charge on any atom is 0.274 e. The van der Waals surface area contributed by atoms with Gasteiger partial charge in [-0.2, -0.15) is 5.10 Å². The summed E-state index contributed by atoms with van der Waals surface area (Å²) in [4.78, 5) is 14.7. The third-order valence-electron chi connectivity index (χ3n) is 4.84. The fourth-order valence-corrected chi connectivity index (χ4v) is 3.55. The zero-order valence-corrected chi connectivity index (χ0v) is 14.0. The number of hydrogen-bond acceptors (Lipinski definition) is 4. The molecule has 23 heavy (non-hydrogen) atoms. The Morgan fingerprint density at radius 3 is 3.13 bits per heavy atom. The van der Waals surface area contributed by atoms with Crippen LogP contribution in [0.15, 0.2) is 12.3 Å². The molecule has 0 spiro atoms. The van der Waals surface area contributed by atoms with E-state index >= 15 is 0 Å². The highest BCUT2D eigenvalue weighted by Gasteiger charge is 2.26. The van der Waals surface area contributed by atoms with Gasteiger partial charge in [0.1, 0.15) is 5.69 Å². The Morgan fingerprint density at radius 1 is 1.43 bits per heavy atom. The number of piperidine rings is 2.